The molecule has 4 heteroatoms. The maximum absolute atomic E-state index is 9.08. The lowest BCUT2D eigenvalue weighted by Gasteiger charge is -2.07. The summed E-state index contributed by atoms with van der Waals surface area (Å²) < 4.78 is 1.75. The summed E-state index contributed by atoms with van der Waals surface area (Å²) in [6.45, 7) is 6.16. The highest BCUT2D eigenvalue weighted by Crippen LogP contribution is 2.17. The van der Waals surface area contributed by atoms with Gasteiger partial charge in [-0.2, -0.15) is 0 Å². The van der Waals surface area contributed by atoms with Crippen molar-refractivity contribution in [2.45, 2.75) is 33.3 Å². The van der Waals surface area contributed by atoms with Gasteiger partial charge in [0.05, 0.1) is 18.0 Å². The average molecular weight is 231 g/mol. The molecule has 2 rings (SSSR count). The Kier molecular flexibility index (Phi) is 3.24. The van der Waals surface area contributed by atoms with Crippen LogP contribution in [0.15, 0.2) is 24.3 Å². The molecular weight excluding hydrogens is 214 g/mol. The normalized spacial score (nSPS) is 11.1. The minimum Gasteiger partial charge on any atom is -0.390 e. The van der Waals surface area contributed by atoms with E-state index in [-0.39, 0.29) is 6.61 Å². The average Bonchev–Trinajstić information content (AvgIpc) is 2.70. The predicted octanol–water partition coefficient (Wildman–Crippen LogP) is 2.19. The van der Waals surface area contributed by atoms with Gasteiger partial charge in [-0.25, -0.2) is 4.68 Å². The fourth-order valence-corrected chi connectivity index (χ4v) is 1.75. The zero-order valence-electron chi connectivity index (χ0n) is 10.4. The monoisotopic (exact) mass is 231 g/mol. The fourth-order valence-electron chi connectivity index (χ4n) is 1.75. The van der Waals surface area contributed by atoms with Gasteiger partial charge in [0.25, 0.3) is 0 Å². The minimum atomic E-state index is -0.0735. The highest BCUT2D eigenvalue weighted by atomic mass is 16.3. The van der Waals surface area contributed by atoms with Crippen molar-refractivity contribution in [1.82, 2.24) is 15.0 Å². The van der Waals surface area contributed by atoms with Crippen molar-refractivity contribution < 1.29 is 5.11 Å². The Hall–Kier alpha value is -1.68. The van der Waals surface area contributed by atoms with E-state index in [1.54, 1.807) is 4.68 Å². The van der Waals surface area contributed by atoms with E-state index in [4.69, 9.17) is 5.11 Å². The van der Waals surface area contributed by atoms with Crippen molar-refractivity contribution in [2.24, 2.45) is 0 Å². The van der Waals surface area contributed by atoms with Crippen LogP contribution in [0.25, 0.3) is 5.69 Å². The number of rotatable bonds is 3. The van der Waals surface area contributed by atoms with Gasteiger partial charge in [0.15, 0.2) is 0 Å². The zero-order chi connectivity index (χ0) is 12.4. The molecule has 1 N–H and O–H groups in total. The zero-order valence-corrected chi connectivity index (χ0v) is 10.4. The third-order valence-corrected chi connectivity index (χ3v) is 2.94. The van der Waals surface area contributed by atoms with Crippen LogP contribution in [0, 0.1) is 6.92 Å². The Morgan fingerprint density at radius 2 is 1.88 bits per heavy atom. The van der Waals surface area contributed by atoms with Gasteiger partial charge in [-0.05, 0) is 30.5 Å². The second-order valence-corrected chi connectivity index (χ2v) is 4.44. The number of aromatic nitrogens is 3. The largest absolute Gasteiger partial charge is 0.390 e. The molecule has 0 aliphatic heterocycles. The van der Waals surface area contributed by atoms with Crippen LogP contribution in [0.4, 0.5) is 0 Å². The molecule has 1 aromatic carbocycles. The first-order valence-electron chi connectivity index (χ1n) is 5.76. The van der Waals surface area contributed by atoms with E-state index in [1.807, 2.05) is 19.1 Å². The highest BCUT2D eigenvalue weighted by molar-refractivity contribution is 5.36. The van der Waals surface area contributed by atoms with Gasteiger partial charge in [-0.1, -0.05) is 31.2 Å². The van der Waals surface area contributed by atoms with Crippen molar-refractivity contribution in [2.75, 3.05) is 0 Å². The lowest BCUT2D eigenvalue weighted by molar-refractivity contribution is 0.276. The number of benzene rings is 1. The molecule has 0 fully saturated rings. The SMILES string of the molecule is Cc1c(CO)nnn1-c1ccc(C(C)C)cc1. The van der Waals surface area contributed by atoms with Crippen molar-refractivity contribution in [1.29, 1.82) is 0 Å². The van der Waals surface area contributed by atoms with Gasteiger partial charge in [-0.15, -0.1) is 5.10 Å². The number of hydrogen-bond donors (Lipinski definition) is 1. The van der Waals surface area contributed by atoms with Crippen LogP contribution >= 0.6 is 0 Å². The smallest absolute Gasteiger partial charge is 0.111 e. The van der Waals surface area contributed by atoms with Crippen LogP contribution in [0.5, 0.6) is 0 Å². The molecule has 0 unspecified atom stereocenters. The molecule has 0 aliphatic carbocycles. The van der Waals surface area contributed by atoms with Crippen molar-refractivity contribution >= 4 is 0 Å². The molecular formula is C13H17N3O. The molecule has 0 radical (unpaired) electrons. The molecule has 0 saturated heterocycles. The lowest BCUT2D eigenvalue weighted by atomic mass is 10.0. The summed E-state index contributed by atoms with van der Waals surface area (Å²) in [5.41, 5.74) is 3.77. The molecule has 2 aromatic rings. The van der Waals surface area contributed by atoms with Gasteiger partial charge >= 0.3 is 0 Å². The number of hydrogen-bond acceptors (Lipinski definition) is 3. The summed E-state index contributed by atoms with van der Waals surface area (Å²) >= 11 is 0. The van der Waals surface area contributed by atoms with E-state index in [2.05, 4.69) is 36.3 Å². The summed E-state index contributed by atoms with van der Waals surface area (Å²) in [5, 5.41) is 17.0. The first-order valence-corrected chi connectivity index (χ1v) is 5.76. The Balaban J connectivity index is 2.36. The topological polar surface area (TPSA) is 50.9 Å². The number of aliphatic hydroxyl groups is 1. The summed E-state index contributed by atoms with van der Waals surface area (Å²) in [6.07, 6.45) is 0. The maximum Gasteiger partial charge on any atom is 0.111 e. The fraction of sp³-hybridized carbons (Fsp3) is 0.385. The molecule has 90 valence electrons. The van der Waals surface area contributed by atoms with Gasteiger partial charge in [0.2, 0.25) is 0 Å². The number of nitrogens with zero attached hydrogens (tertiary/aromatic N) is 3. The van der Waals surface area contributed by atoms with Gasteiger partial charge < -0.3 is 5.11 Å². The van der Waals surface area contributed by atoms with E-state index >= 15 is 0 Å². The number of aliphatic hydroxyl groups excluding tert-OH is 1. The first kappa shape index (κ1) is 11.8. The second kappa shape index (κ2) is 4.67. The maximum atomic E-state index is 9.08. The standard InChI is InChI=1S/C13H17N3O/c1-9(2)11-4-6-12(7-5-11)16-10(3)13(8-17)14-15-16/h4-7,9,17H,8H2,1-3H3. The van der Waals surface area contributed by atoms with Crippen molar-refractivity contribution in [3.8, 4) is 5.69 Å². The molecule has 1 heterocycles. The Bertz CT molecular complexity index is 500. The molecule has 17 heavy (non-hydrogen) atoms. The van der Waals surface area contributed by atoms with Crippen LogP contribution in [0.2, 0.25) is 0 Å². The Morgan fingerprint density at radius 1 is 1.24 bits per heavy atom. The van der Waals surface area contributed by atoms with Crippen molar-refractivity contribution in [3.63, 3.8) is 0 Å². The Morgan fingerprint density at radius 3 is 2.35 bits per heavy atom. The van der Waals surface area contributed by atoms with Crippen LogP contribution in [-0.4, -0.2) is 20.1 Å². The molecule has 0 saturated carbocycles. The molecule has 0 aliphatic rings. The van der Waals surface area contributed by atoms with Crippen LogP contribution < -0.4 is 0 Å². The van der Waals surface area contributed by atoms with E-state index < -0.39 is 0 Å². The molecule has 0 spiro atoms. The minimum absolute atomic E-state index is 0.0735. The second-order valence-electron chi connectivity index (χ2n) is 4.44. The third-order valence-electron chi connectivity index (χ3n) is 2.94. The van der Waals surface area contributed by atoms with E-state index in [0.29, 0.717) is 11.6 Å². The first-order chi connectivity index (χ1) is 8.13. The summed E-state index contributed by atoms with van der Waals surface area (Å²) in [4.78, 5) is 0. The molecule has 0 amide bonds. The van der Waals surface area contributed by atoms with Gasteiger partial charge in [-0.3, -0.25) is 0 Å². The van der Waals surface area contributed by atoms with E-state index in [0.717, 1.165) is 11.4 Å². The predicted molar refractivity (Wildman–Crippen MR) is 66.1 cm³/mol. The van der Waals surface area contributed by atoms with Crippen LogP contribution in [-0.2, 0) is 6.61 Å². The Labute approximate surface area is 101 Å². The van der Waals surface area contributed by atoms with Crippen LogP contribution in [0.3, 0.4) is 0 Å². The molecule has 0 atom stereocenters. The van der Waals surface area contributed by atoms with Gasteiger partial charge in [0, 0.05) is 0 Å². The summed E-state index contributed by atoms with van der Waals surface area (Å²) in [6, 6.07) is 8.25. The van der Waals surface area contributed by atoms with Gasteiger partial charge in [0.1, 0.15) is 5.69 Å². The third kappa shape index (κ3) is 2.22. The quantitative estimate of drug-likeness (QED) is 0.881. The summed E-state index contributed by atoms with van der Waals surface area (Å²) in [7, 11) is 0. The molecule has 1 aromatic heterocycles. The highest BCUT2D eigenvalue weighted by Gasteiger charge is 2.09. The molecule has 0 bridgehead atoms. The summed E-state index contributed by atoms with van der Waals surface area (Å²) in [5.74, 6) is 0.522. The van der Waals surface area contributed by atoms with Crippen molar-refractivity contribution in [3.05, 3.63) is 41.2 Å². The van der Waals surface area contributed by atoms with E-state index in [9.17, 15) is 0 Å². The molecule has 4 nitrogen and oxygen atoms in total. The van der Waals surface area contributed by atoms with Crippen LogP contribution in [0.1, 0.15) is 36.7 Å². The lowest BCUT2D eigenvalue weighted by Crippen LogP contribution is -2.00. The van der Waals surface area contributed by atoms with E-state index in [1.165, 1.54) is 5.56 Å².